The number of methoxy groups -OCH3 is 1. The van der Waals surface area contributed by atoms with E-state index in [0.717, 1.165) is 17.1 Å². The highest BCUT2D eigenvalue weighted by Crippen LogP contribution is 2.31. The average molecular weight is 548 g/mol. The van der Waals surface area contributed by atoms with Crippen molar-refractivity contribution in [2.45, 2.75) is 19.1 Å². The molecule has 0 fully saturated rings. The summed E-state index contributed by atoms with van der Waals surface area (Å²) in [5.74, 6) is -1.76. The minimum Gasteiger partial charge on any atom is -0.497 e. The van der Waals surface area contributed by atoms with Gasteiger partial charge in [-0.1, -0.05) is 54.6 Å². The number of aromatic nitrogens is 1. The number of carbonyl (C=O) groups is 3. The van der Waals surface area contributed by atoms with Crippen LogP contribution in [0, 0.1) is 5.82 Å². The molecule has 3 aromatic carbocycles. The fourth-order valence-electron chi connectivity index (χ4n) is 3.97. The Bertz CT molecular complexity index is 1460. The molecular formula is C28H26FN5O4S. The number of nitrogens with one attached hydrogen (secondary N) is 1. The number of halogens is 1. The van der Waals surface area contributed by atoms with E-state index >= 15 is 0 Å². The van der Waals surface area contributed by atoms with Gasteiger partial charge in [0, 0.05) is 13.1 Å². The van der Waals surface area contributed by atoms with Gasteiger partial charge in [-0.05, 0) is 52.5 Å². The van der Waals surface area contributed by atoms with Crippen molar-refractivity contribution >= 4 is 34.9 Å². The van der Waals surface area contributed by atoms with E-state index in [-0.39, 0.29) is 29.3 Å². The van der Waals surface area contributed by atoms with Crippen molar-refractivity contribution in [1.29, 1.82) is 0 Å². The van der Waals surface area contributed by atoms with Crippen LogP contribution in [0.1, 0.15) is 42.9 Å². The van der Waals surface area contributed by atoms with E-state index in [4.69, 9.17) is 16.2 Å². The Labute approximate surface area is 228 Å². The van der Waals surface area contributed by atoms with Gasteiger partial charge in [-0.15, -0.1) is 0 Å². The number of anilines is 1. The molecule has 0 saturated heterocycles. The first kappa shape index (κ1) is 27.3. The monoisotopic (exact) mass is 547 g/mol. The largest absolute Gasteiger partial charge is 0.497 e. The second-order valence-electron chi connectivity index (χ2n) is 8.58. The molecule has 0 bridgehead atoms. The molecule has 200 valence electrons. The summed E-state index contributed by atoms with van der Waals surface area (Å²) in [4.78, 5) is 40.9. The maximum absolute atomic E-state index is 14.0. The van der Waals surface area contributed by atoms with Crippen molar-refractivity contribution in [3.8, 4) is 5.75 Å². The Morgan fingerprint density at radius 3 is 2.26 bits per heavy atom. The summed E-state index contributed by atoms with van der Waals surface area (Å²) in [5, 5.41) is 2.85. The van der Waals surface area contributed by atoms with Crippen molar-refractivity contribution in [1.82, 2.24) is 14.6 Å². The molecule has 1 atom stereocenters. The van der Waals surface area contributed by atoms with Gasteiger partial charge in [0.25, 0.3) is 11.8 Å². The van der Waals surface area contributed by atoms with Crippen LogP contribution in [0.15, 0.2) is 78.9 Å². The van der Waals surface area contributed by atoms with Crippen molar-refractivity contribution in [3.63, 3.8) is 0 Å². The van der Waals surface area contributed by atoms with Gasteiger partial charge in [0.15, 0.2) is 5.69 Å². The molecule has 0 aliphatic carbocycles. The number of primary amides is 1. The van der Waals surface area contributed by atoms with Crippen LogP contribution in [0.2, 0.25) is 0 Å². The number of rotatable bonds is 10. The first-order valence-electron chi connectivity index (χ1n) is 11.8. The van der Waals surface area contributed by atoms with Gasteiger partial charge in [-0.3, -0.25) is 14.4 Å². The number of hydrogen-bond acceptors (Lipinski definition) is 7. The minimum atomic E-state index is -1.11. The standard InChI is InChI=1S/C28H26FN5O4S/c1-38-21-13-9-19(10-14-21)24(27(36)32-15-17-7-11-20(29)12-8-17)34(16-18-5-3-2-4-6-18)28(37)25-22(30)23(26(31)35)33-39-25/h2-14,24H,15-16,30H2,1H3,(H2,31,35)(H,32,36). The average Bonchev–Trinajstić information content (AvgIpc) is 3.34. The second kappa shape index (κ2) is 12.2. The van der Waals surface area contributed by atoms with E-state index < -0.39 is 29.6 Å². The molecular weight excluding hydrogens is 521 g/mol. The van der Waals surface area contributed by atoms with Crippen LogP contribution in [0.4, 0.5) is 10.1 Å². The smallest absolute Gasteiger partial charge is 0.270 e. The van der Waals surface area contributed by atoms with Gasteiger partial charge in [0.05, 0.1) is 12.8 Å². The molecule has 9 nitrogen and oxygen atoms in total. The number of hydrogen-bond donors (Lipinski definition) is 3. The van der Waals surface area contributed by atoms with E-state index in [2.05, 4.69) is 9.69 Å². The highest BCUT2D eigenvalue weighted by Gasteiger charge is 2.35. The first-order chi connectivity index (χ1) is 18.8. The van der Waals surface area contributed by atoms with E-state index in [0.29, 0.717) is 16.9 Å². The quantitative estimate of drug-likeness (QED) is 0.277. The second-order valence-corrected chi connectivity index (χ2v) is 9.35. The molecule has 4 aromatic rings. The zero-order valence-corrected chi connectivity index (χ0v) is 21.8. The predicted molar refractivity (Wildman–Crippen MR) is 145 cm³/mol. The van der Waals surface area contributed by atoms with Crippen LogP contribution in [0.25, 0.3) is 0 Å². The Morgan fingerprint density at radius 1 is 1.00 bits per heavy atom. The molecule has 0 radical (unpaired) electrons. The first-order valence-corrected chi connectivity index (χ1v) is 12.6. The number of nitrogen functional groups attached to an aromatic ring is 1. The molecule has 0 aliphatic heterocycles. The highest BCUT2D eigenvalue weighted by molar-refractivity contribution is 7.09. The molecule has 0 spiro atoms. The summed E-state index contributed by atoms with van der Waals surface area (Å²) in [6.07, 6.45) is 0. The van der Waals surface area contributed by atoms with Gasteiger partial charge in [0.1, 0.15) is 22.5 Å². The zero-order valence-electron chi connectivity index (χ0n) is 21.0. The van der Waals surface area contributed by atoms with Crippen molar-refractivity contribution in [3.05, 3.63) is 112 Å². The van der Waals surface area contributed by atoms with Crippen molar-refractivity contribution in [2.24, 2.45) is 5.73 Å². The third-order valence-corrected chi connectivity index (χ3v) is 6.83. The number of amides is 3. The Hall–Kier alpha value is -4.77. The number of nitrogens with zero attached hydrogens (tertiary/aromatic N) is 2. The normalized spacial score (nSPS) is 11.4. The third kappa shape index (κ3) is 6.39. The molecule has 39 heavy (non-hydrogen) atoms. The minimum absolute atomic E-state index is 0.00965. The fourth-order valence-corrected chi connectivity index (χ4v) is 4.73. The molecule has 1 unspecified atom stereocenters. The third-order valence-electron chi connectivity index (χ3n) is 5.98. The molecule has 11 heteroatoms. The molecule has 1 aromatic heterocycles. The highest BCUT2D eigenvalue weighted by atomic mass is 32.1. The fraction of sp³-hybridized carbons (Fsp3) is 0.143. The zero-order chi connectivity index (χ0) is 27.9. The van der Waals surface area contributed by atoms with Gasteiger partial charge >= 0.3 is 0 Å². The van der Waals surface area contributed by atoms with Gasteiger partial charge in [-0.25, -0.2) is 4.39 Å². The van der Waals surface area contributed by atoms with Crippen LogP contribution in [0.3, 0.4) is 0 Å². The van der Waals surface area contributed by atoms with Crippen molar-refractivity contribution in [2.75, 3.05) is 12.8 Å². The summed E-state index contributed by atoms with van der Waals surface area (Å²) in [7, 11) is 1.52. The summed E-state index contributed by atoms with van der Waals surface area (Å²) in [6, 6.07) is 20.5. The van der Waals surface area contributed by atoms with Crippen LogP contribution < -0.4 is 21.5 Å². The summed E-state index contributed by atoms with van der Waals surface area (Å²) < 4.78 is 22.6. The van der Waals surface area contributed by atoms with Gasteiger partial charge < -0.3 is 26.4 Å². The Balaban J connectivity index is 1.76. The number of carbonyl (C=O) groups excluding carboxylic acids is 3. The van der Waals surface area contributed by atoms with Crippen LogP contribution in [-0.2, 0) is 17.9 Å². The molecule has 4 rings (SSSR count). The lowest BCUT2D eigenvalue weighted by Crippen LogP contribution is -2.43. The summed E-state index contributed by atoms with van der Waals surface area (Å²) >= 11 is 0.739. The van der Waals surface area contributed by atoms with Gasteiger partial charge in [0.2, 0.25) is 5.91 Å². The molecule has 0 saturated carbocycles. The predicted octanol–water partition coefficient (Wildman–Crippen LogP) is 3.67. The topological polar surface area (TPSA) is 141 Å². The number of benzene rings is 3. The maximum Gasteiger partial charge on any atom is 0.270 e. The summed E-state index contributed by atoms with van der Waals surface area (Å²) in [5.41, 5.74) is 13.0. The lowest BCUT2D eigenvalue weighted by atomic mass is 10.0. The van der Waals surface area contributed by atoms with Crippen LogP contribution >= 0.6 is 11.5 Å². The number of ether oxygens (including phenoxy) is 1. The Morgan fingerprint density at radius 2 is 1.67 bits per heavy atom. The van der Waals surface area contributed by atoms with E-state index in [9.17, 15) is 18.8 Å². The van der Waals surface area contributed by atoms with Crippen LogP contribution in [0.5, 0.6) is 5.75 Å². The lowest BCUT2D eigenvalue weighted by molar-refractivity contribution is -0.126. The van der Waals surface area contributed by atoms with E-state index in [1.54, 1.807) is 36.4 Å². The summed E-state index contributed by atoms with van der Waals surface area (Å²) in [6.45, 7) is 0.150. The molecule has 3 amide bonds. The van der Waals surface area contributed by atoms with Crippen molar-refractivity contribution < 1.29 is 23.5 Å². The molecule has 5 N–H and O–H groups in total. The van der Waals surface area contributed by atoms with E-state index in [1.807, 2.05) is 30.3 Å². The van der Waals surface area contributed by atoms with E-state index in [1.165, 1.54) is 24.1 Å². The number of nitrogens with two attached hydrogens (primary N) is 2. The van der Waals surface area contributed by atoms with Crippen LogP contribution in [-0.4, -0.2) is 34.1 Å². The molecule has 1 heterocycles. The SMILES string of the molecule is COc1ccc(C(C(=O)NCc2ccc(F)cc2)N(Cc2ccccc2)C(=O)c2snc(C(N)=O)c2N)cc1. The molecule has 0 aliphatic rings. The maximum atomic E-state index is 14.0. The van der Waals surface area contributed by atoms with Gasteiger partial charge in [-0.2, -0.15) is 4.37 Å². The lowest BCUT2D eigenvalue weighted by Gasteiger charge is -2.31. The Kier molecular flexibility index (Phi) is 8.52.